The first-order valence-electron chi connectivity index (χ1n) is 9.63. The van der Waals surface area contributed by atoms with E-state index in [0.717, 1.165) is 28.3 Å². The smallest absolute Gasteiger partial charge is 0.251 e. The molecule has 1 N–H and O–H groups in total. The Bertz CT molecular complexity index is 930. The average Bonchev–Trinajstić information content (AvgIpc) is 2.84. The van der Waals surface area contributed by atoms with Gasteiger partial charge in [0.25, 0.3) is 5.91 Å². The van der Waals surface area contributed by atoms with Crippen LogP contribution < -0.4 is 5.32 Å². The van der Waals surface area contributed by atoms with Gasteiger partial charge in [0.1, 0.15) is 0 Å². The molecule has 0 aromatic heterocycles. The number of fused-ring (bicyclic) bond motifs is 2. The number of carbonyl (C=O) groups is 1. The van der Waals surface area contributed by atoms with Crippen LogP contribution in [0.3, 0.4) is 0 Å². The van der Waals surface area contributed by atoms with Crippen LogP contribution in [0.15, 0.2) is 68.9 Å². The van der Waals surface area contributed by atoms with Crippen molar-refractivity contribution in [3.05, 3.63) is 65.2 Å². The lowest BCUT2D eigenvalue weighted by Gasteiger charge is -2.13. The summed E-state index contributed by atoms with van der Waals surface area (Å²) in [7, 11) is 0. The third kappa shape index (κ3) is 4.16. The molecular weight excluding hydrogens is 352 g/mol. The summed E-state index contributed by atoms with van der Waals surface area (Å²) < 4.78 is 0. The number of hydrogen-bond acceptors (Lipinski definition) is 3. The van der Waals surface area contributed by atoms with Crippen molar-refractivity contribution in [3.63, 3.8) is 0 Å². The molecule has 3 nitrogen and oxygen atoms in total. The molecule has 0 spiro atoms. The van der Waals surface area contributed by atoms with Crippen molar-refractivity contribution in [3.8, 4) is 0 Å². The van der Waals surface area contributed by atoms with Crippen molar-refractivity contribution in [2.24, 2.45) is 4.99 Å². The van der Waals surface area contributed by atoms with Gasteiger partial charge in [0.15, 0.2) is 0 Å². The van der Waals surface area contributed by atoms with Crippen LogP contribution in [0.4, 0.5) is 5.69 Å². The highest BCUT2D eigenvalue weighted by atomic mass is 32.2. The summed E-state index contributed by atoms with van der Waals surface area (Å²) in [5.74, 6) is -0.0196. The number of aliphatic imine (C=N–C) groups is 1. The van der Waals surface area contributed by atoms with E-state index in [-0.39, 0.29) is 5.91 Å². The Balaban J connectivity index is 1.48. The van der Waals surface area contributed by atoms with E-state index in [4.69, 9.17) is 4.99 Å². The van der Waals surface area contributed by atoms with Crippen molar-refractivity contribution >= 4 is 29.1 Å². The maximum Gasteiger partial charge on any atom is 0.251 e. The van der Waals surface area contributed by atoms with Gasteiger partial charge in [-0.05, 0) is 63.3 Å². The van der Waals surface area contributed by atoms with Crippen LogP contribution in [0.25, 0.3) is 0 Å². The van der Waals surface area contributed by atoms with E-state index in [1.807, 2.05) is 37.3 Å². The summed E-state index contributed by atoms with van der Waals surface area (Å²) in [6, 6.07) is 14.1. The summed E-state index contributed by atoms with van der Waals surface area (Å²) in [5.41, 5.74) is 5.17. The van der Waals surface area contributed by atoms with Gasteiger partial charge >= 0.3 is 0 Å². The number of nitrogens with one attached hydrogen (secondary N) is 1. The van der Waals surface area contributed by atoms with Crippen molar-refractivity contribution in [1.29, 1.82) is 0 Å². The molecule has 0 fully saturated rings. The Kier molecular flexibility index (Phi) is 5.44. The molecule has 4 rings (SSSR count). The first-order valence-corrected chi connectivity index (χ1v) is 10.4. The van der Waals surface area contributed by atoms with Gasteiger partial charge < -0.3 is 5.32 Å². The molecule has 0 radical (unpaired) electrons. The van der Waals surface area contributed by atoms with Gasteiger partial charge in [0.05, 0.1) is 5.69 Å². The SMILES string of the molecule is CC1=Nc2cc(C(=O)NCCC3=CCCCC3)ccc2Sc2ccccc21. The van der Waals surface area contributed by atoms with Crippen LogP contribution >= 0.6 is 11.8 Å². The minimum atomic E-state index is -0.0196. The molecular formula is C23H24N2OS. The van der Waals surface area contributed by atoms with Crippen molar-refractivity contribution in [2.45, 2.75) is 48.8 Å². The maximum atomic E-state index is 12.6. The molecule has 27 heavy (non-hydrogen) atoms. The zero-order chi connectivity index (χ0) is 18.6. The minimum Gasteiger partial charge on any atom is -0.352 e. The van der Waals surface area contributed by atoms with Crippen molar-refractivity contribution in [2.75, 3.05) is 6.54 Å². The van der Waals surface area contributed by atoms with Crippen LogP contribution in [0.1, 0.15) is 54.9 Å². The fraction of sp³-hybridized carbons (Fsp3) is 0.304. The Labute approximate surface area is 165 Å². The van der Waals surface area contributed by atoms with Crippen molar-refractivity contribution < 1.29 is 4.79 Å². The molecule has 1 aliphatic heterocycles. The maximum absolute atomic E-state index is 12.6. The van der Waals surface area contributed by atoms with Crippen LogP contribution in [-0.2, 0) is 0 Å². The van der Waals surface area contributed by atoms with Crippen LogP contribution in [0.2, 0.25) is 0 Å². The van der Waals surface area contributed by atoms with Gasteiger partial charge in [-0.1, -0.05) is 41.6 Å². The fourth-order valence-electron chi connectivity index (χ4n) is 3.62. The highest BCUT2D eigenvalue weighted by Gasteiger charge is 2.16. The summed E-state index contributed by atoms with van der Waals surface area (Å²) in [6.45, 7) is 2.73. The Morgan fingerprint density at radius 3 is 2.89 bits per heavy atom. The van der Waals surface area contributed by atoms with Gasteiger partial charge in [-0.2, -0.15) is 0 Å². The van der Waals surface area contributed by atoms with E-state index < -0.39 is 0 Å². The van der Waals surface area contributed by atoms with Gasteiger partial charge in [0.2, 0.25) is 0 Å². The highest BCUT2D eigenvalue weighted by Crippen LogP contribution is 2.40. The molecule has 0 saturated carbocycles. The predicted molar refractivity (Wildman–Crippen MR) is 112 cm³/mol. The molecule has 138 valence electrons. The number of benzene rings is 2. The molecule has 2 aliphatic rings. The Morgan fingerprint density at radius 1 is 1.15 bits per heavy atom. The second-order valence-corrected chi connectivity index (χ2v) is 8.18. The molecule has 1 amide bonds. The van der Waals surface area contributed by atoms with Gasteiger partial charge in [0, 0.05) is 33.2 Å². The Morgan fingerprint density at radius 2 is 2.04 bits per heavy atom. The van der Waals surface area contributed by atoms with Crippen LogP contribution in [-0.4, -0.2) is 18.2 Å². The Hall–Kier alpha value is -2.33. The zero-order valence-electron chi connectivity index (χ0n) is 15.6. The van der Waals surface area contributed by atoms with E-state index >= 15 is 0 Å². The second kappa shape index (κ2) is 8.13. The molecule has 0 unspecified atom stereocenters. The van der Waals surface area contributed by atoms with Crippen LogP contribution in [0, 0.1) is 0 Å². The van der Waals surface area contributed by atoms with Crippen LogP contribution in [0.5, 0.6) is 0 Å². The highest BCUT2D eigenvalue weighted by molar-refractivity contribution is 7.99. The zero-order valence-corrected chi connectivity index (χ0v) is 16.4. The molecule has 0 bridgehead atoms. The fourth-order valence-corrected chi connectivity index (χ4v) is 4.67. The lowest BCUT2D eigenvalue weighted by molar-refractivity contribution is 0.0954. The first-order chi connectivity index (χ1) is 13.2. The lowest BCUT2D eigenvalue weighted by Crippen LogP contribution is -2.24. The second-order valence-electron chi connectivity index (χ2n) is 7.09. The number of allylic oxidation sites excluding steroid dienone is 1. The first kappa shape index (κ1) is 18.1. The van der Waals surface area contributed by atoms with E-state index in [9.17, 15) is 4.79 Å². The minimum absolute atomic E-state index is 0.0196. The molecule has 1 heterocycles. The predicted octanol–water partition coefficient (Wildman–Crippen LogP) is 5.91. The van der Waals surface area contributed by atoms with Gasteiger partial charge in [-0.3, -0.25) is 9.79 Å². The van der Waals surface area contributed by atoms with E-state index in [1.54, 1.807) is 11.8 Å². The molecule has 4 heteroatoms. The number of carbonyl (C=O) groups excluding carboxylic acids is 1. The third-order valence-electron chi connectivity index (χ3n) is 5.12. The number of nitrogens with zero attached hydrogens (tertiary/aromatic N) is 1. The van der Waals surface area contributed by atoms with Gasteiger partial charge in [-0.25, -0.2) is 0 Å². The molecule has 2 aromatic carbocycles. The molecule has 0 atom stereocenters. The lowest BCUT2D eigenvalue weighted by atomic mass is 9.97. The number of amides is 1. The quantitative estimate of drug-likeness (QED) is 0.674. The largest absolute Gasteiger partial charge is 0.352 e. The van der Waals surface area contributed by atoms with E-state index in [2.05, 4.69) is 23.5 Å². The third-order valence-corrected chi connectivity index (χ3v) is 6.26. The average molecular weight is 377 g/mol. The van der Waals surface area contributed by atoms with E-state index in [1.165, 1.54) is 36.2 Å². The molecule has 2 aromatic rings. The number of rotatable bonds is 4. The molecule has 1 aliphatic carbocycles. The topological polar surface area (TPSA) is 41.5 Å². The standard InChI is InChI=1S/C23H24N2OS/c1-16-19-9-5-6-10-21(19)27-22-12-11-18(15-20(22)25-16)23(26)24-14-13-17-7-3-2-4-8-17/h5-7,9-12,15H,2-4,8,13-14H2,1H3,(H,24,26). The molecule has 0 saturated heterocycles. The summed E-state index contributed by atoms with van der Waals surface area (Å²) in [6.07, 6.45) is 8.24. The monoisotopic (exact) mass is 376 g/mol. The summed E-state index contributed by atoms with van der Waals surface area (Å²) in [4.78, 5) is 19.6. The summed E-state index contributed by atoms with van der Waals surface area (Å²) >= 11 is 1.71. The van der Waals surface area contributed by atoms with Gasteiger partial charge in [-0.15, -0.1) is 0 Å². The number of hydrogen-bond donors (Lipinski definition) is 1. The van der Waals surface area contributed by atoms with Crippen molar-refractivity contribution in [1.82, 2.24) is 5.32 Å². The summed E-state index contributed by atoms with van der Waals surface area (Å²) in [5, 5.41) is 3.06. The van der Waals surface area contributed by atoms with E-state index in [0.29, 0.717) is 12.1 Å². The normalized spacial score (nSPS) is 15.7.